The number of rotatable bonds is 8. The average molecular weight is 577 g/mol. The summed E-state index contributed by atoms with van der Waals surface area (Å²) in [7, 11) is -8.37. The Bertz CT molecular complexity index is 1710. The van der Waals surface area contributed by atoms with Crippen LogP contribution in [0.25, 0.3) is 5.57 Å². The number of unbranched alkanes of at least 4 members (excludes halogenated alkanes) is 1. The quantitative estimate of drug-likeness (QED) is 0.237. The Kier molecular flexibility index (Phi) is 7.11. The molecule has 0 spiro atoms. The van der Waals surface area contributed by atoms with Crippen LogP contribution in [0.1, 0.15) is 51.2 Å². The Hall–Kier alpha value is -2.80. The second kappa shape index (κ2) is 9.99. The molecule has 5 rings (SSSR count). The number of ether oxygens (including phenoxy) is 1. The predicted molar refractivity (Wildman–Crippen MR) is 150 cm³/mol. The molecule has 0 radical (unpaired) electrons. The molecule has 3 heterocycles. The second-order valence-electron chi connectivity index (χ2n) is 10.9. The molecule has 0 bridgehead atoms. The van der Waals surface area contributed by atoms with E-state index in [1.165, 1.54) is 5.56 Å². The molecule has 39 heavy (non-hydrogen) atoms. The van der Waals surface area contributed by atoms with Crippen LogP contribution in [-0.4, -0.2) is 62.6 Å². The Morgan fingerprint density at radius 1 is 1.05 bits per heavy atom. The van der Waals surface area contributed by atoms with Crippen LogP contribution in [0.4, 0.5) is 11.4 Å². The van der Waals surface area contributed by atoms with E-state index < -0.39 is 31.5 Å². The minimum Gasteiger partial charge on any atom is -0.452 e. The number of benzene rings is 2. The van der Waals surface area contributed by atoms with Crippen LogP contribution < -0.4 is 24.9 Å². The third kappa shape index (κ3) is 5.88. The van der Waals surface area contributed by atoms with Gasteiger partial charge in [-0.2, -0.15) is 16.8 Å². The number of anilines is 1. The van der Waals surface area contributed by atoms with Crippen LogP contribution in [0.2, 0.25) is 0 Å². The molecule has 0 unspecified atom stereocenters. The van der Waals surface area contributed by atoms with E-state index in [4.69, 9.17) is 14.3 Å². The van der Waals surface area contributed by atoms with Gasteiger partial charge in [0.05, 0.1) is 17.4 Å². The fourth-order valence-electron chi connectivity index (χ4n) is 5.80. The van der Waals surface area contributed by atoms with Gasteiger partial charge in [0, 0.05) is 35.8 Å². The Labute approximate surface area is 228 Å². The van der Waals surface area contributed by atoms with Crippen molar-refractivity contribution in [2.24, 2.45) is 4.99 Å². The van der Waals surface area contributed by atoms with E-state index in [0.717, 1.165) is 36.6 Å². The first-order chi connectivity index (χ1) is 18.2. The highest BCUT2D eigenvalue weighted by Crippen LogP contribution is 2.46. The SMILES string of the molecule is CC[N+]1=c2cc3c(cc2CCC1)=Nc1cc2c(cc1O3)N(CCCCS(=O)(=O)O)C(C)(C)C=C2CS(=O)(=O)O. The molecule has 0 atom stereocenters. The van der Waals surface area contributed by atoms with Crippen LogP contribution in [-0.2, 0) is 26.7 Å². The van der Waals surface area contributed by atoms with Crippen LogP contribution in [0.15, 0.2) is 35.3 Å². The van der Waals surface area contributed by atoms with Crippen LogP contribution >= 0.6 is 0 Å². The number of hydrogen-bond acceptors (Lipinski definition) is 7. The lowest BCUT2D eigenvalue weighted by atomic mass is 9.88. The van der Waals surface area contributed by atoms with Gasteiger partial charge in [0.2, 0.25) is 5.36 Å². The van der Waals surface area contributed by atoms with Gasteiger partial charge in [-0.3, -0.25) is 9.11 Å². The maximum Gasteiger partial charge on any atom is 0.269 e. The molecule has 0 amide bonds. The van der Waals surface area contributed by atoms with Gasteiger partial charge in [-0.25, -0.2) is 9.57 Å². The highest BCUT2D eigenvalue weighted by atomic mass is 32.2. The molecule has 0 aliphatic carbocycles. The summed E-state index contributed by atoms with van der Waals surface area (Å²) in [4.78, 5) is 6.94. The van der Waals surface area contributed by atoms with E-state index in [2.05, 4.69) is 22.5 Å². The molecule has 2 aromatic rings. The van der Waals surface area contributed by atoms with Crippen molar-refractivity contribution in [2.75, 3.05) is 36.0 Å². The van der Waals surface area contributed by atoms with E-state index in [9.17, 15) is 21.4 Å². The summed E-state index contributed by atoms with van der Waals surface area (Å²) in [6.07, 6.45) is 4.60. The molecule has 210 valence electrons. The van der Waals surface area contributed by atoms with Crippen molar-refractivity contribution in [1.82, 2.24) is 4.58 Å². The predicted octanol–water partition coefficient (Wildman–Crippen LogP) is 2.74. The molecule has 0 saturated heterocycles. The molecule has 0 saturated carbocycles. The third-order valence-electron chi connectivity index (χ3n) is 7.53. The van der Waals surface area contributed by atoms with Gasteiger partial charge in [-0.1, -0.05) is 6.08 Å². The first-order valence-corrected chi connectivity index (χ1v) is 16.4. The van der Waals surface area contributed by atoms with Crippen molar-refractivity contribution in [3.8, 4) is 11.5 Å². The molecule has 3 aliphatic rings. The minimum absolute atomic E-state index is 0.269. The number of hydrogen-bond donors (Lipinski definition) is 2. The standard InChI is InChI=1S/C27H33N3O7S2/c1-4-29-9-7-8-18-12-21-25(14-23(18)29)37-26-15-24-20(13-22(26)28-21)19(17-39(34,35)36)16-27(2,3)30(24)10-5-6-11-38(31,32)33/h12-16H,4-11,17H2,1-3H3,(H-,31,32,33,34,35,36)/p+1. The second-order valence-corrected chi connectivity index (χ2v) is 13.9. The van der Waals surface area contributed by atoms with Crippen molar-refractivity contribution < 1.29 is 30.7 Å². The lowest BCUT2D eigenvalue weighted by Gasteiger charge is -2.44. The average Bonchev–Trinajstić information content (AvgIpc) is 2.82. The zero-order valence-electron chi connectivity index (χ0n) is 22.3. The molecule has 0 aromatic heterocycles. The topological polar surface area (TPSA) is 137 Å². The maximum atomic E-state index is 11.9. The van der Waals surface area contributed by atoms with Gasteiger partial charge < -0.3 is 9.64 Å². The van der Waals surface area contributed by atoms with Crippen LogP contribution in [0.5, 0.6) is 11.5 Å². The van der Waals surface area contributed by atoms with Gasteiger partial charge in [-0.15, -0.1) is 0 Å². The fraction of sp³-hybridized carbons (Fsp3) is 0.481. The monoisotopic (exact) mass is 576 g/mol. The van der Waals surface area contributed by atoms with Gasteiger partial charge in [0.1, 0.15) is 29.9 Å². The minimum atomic E-state index is -4.31. The molecule has 2 aromatic carbocycles. The van der Waals surface area contributed by atoms with Crippen molar-refractivity contribution in [1.29, 1.82) is 0 Å². The highest BCUT2D eigenvalue weighted by molar-refractivity contribution is 7.86. The van der Waals surface area contributed by atoms with Crippen molar-refractivity contribution in [2.45, 2.75) is 52.0 Å². The fourth-order valence-corrected chi connectivity index (χ4v) is 7.00. The zero-order chi connectivity index (χ0) is 28.2. The summed E-state index contributed by atoms with van der Waals surface area (Å²) in [5, 5.41) is 1.87. The molecular weight excluding hydrogens is 542 g/mol. The molecule has 12 heteroatoms. The highest BCUT2D eigenvalue weighted by Gasteiger charge is 2.35. The van der Waals surface area contributed by atoms with E-state index in [1.54, 1.807) is 6.07 Å². The van der Waals surface area contributed by atoms with Gasteiger partial charge in [0.25, 0.3) is 20.2 Å². The lowest BCUT2D eigenvalue weighted by molar-refractivity contribution is 0.462. The summed E-state index contributed by atoms with van der Waals surface area (Å²) in [6.45, 7) is 8.33. The van der Waals surface area contributed by atoms with Gasteiger partial charge in [-0.05, 0) is 57.7 Å². The van der Waals surface area contributed by atoms with Crippen molar-refractivity contribution in [3.63, 3.8) is 0 Å². The first kappa shape index (κ1) is 27.8. The summed E-state index contributed by atoms with van der Waals surface area (Å²) < 4.78 is 73.7. The van der Waals surface area contributed by atoms with E-state index in [1.807, 2.05) is 32.1 Å². The van der Waals surface area contributed by atoms with Gasteiger partial charge in [0.15, 0.2) is 11.5 Å². The van der Waals surface area contributed by atoms with E-state index in [-0.39, 0.29) is 12.2 Å². The Balaban J connectivity index is 1.60. The molecule has 0 fully saturated rings. The summed E-state index contributed by atoms with van der Waals surface area (Å²) >= 11 is 0. The Morgan fingerprint density at radius 3 is 2.51 bits per heavy atom. The summed E-state index contributed by atoms with van der Waals surface area (Å²) in [5.41, 5.74) is 2.92. The number of fused-ring (bicyclic) bond motifs is 4. The maximum absolute atomic E-state index is 11.9. The van der Waals surface area contributed by atoms with Crippen molar-refractivity contribution in [3.05, 3.63) is 52.2 Å². The third-order valence-corrected chi connectivity index (χ3v) is 9.01. The van der Waals surface area contributed by atoms with Gasteiger partial charge >= 0.3 is 0 Å². The number of aryl methyl sites for hydroxylation is 1. The van der Waals surface area contributed by atoms with Crippen LogP contribution in [0.3, 0.4) is 0 Å². The molecule has 10 nitrogen and oxygen atoms in total. The molecular formula is C27H34N3O7S2+. The van der Waals surface area contributed by atoms with E-state index in [0.29, 0.717) is 47.0 Å². The largest absolute Gasteiger partial charge is 0.452 e. The first-order valence-electron chi connectivity index (χ1n) is 13.1. The Morgan fingerprint density at radius 2 is 1.82 bits per heavy atom. The molecule has 3 aliphatic heterocycles. The van der Waals surface area contributed by atoms with Crippen LogP contribution in [0, 0.1) is 0 Å². The summed E-state index contributed by atoms with van der Waals surface area (Å²) in [5.74, 6) is 0.313. The normalized spacial score (nSPS) is 17.7. The molecule has 2 N–H and O–H groups in total. The zero-order valence-corrected chi connectivity index (χ0v) is 24.0. The number of nitrogens with zero attached hydrogens (tertiary/aromatic N) is 3. The smallest absolute Gasteiger partial charge is 0.269 e. The lowest BCUT2D eigenvalue weighted by Crippen LogP contribution is -2.46. The van der Waals surface area contributed by atoms with Crippen molar-refractivity contribution >= 4 is 37.2 Å². The summed E-state index contributed by atoms with van der Waals surface area (Å²) in [6, 6.07) is 7.74. The van der Waals surface area contributed by atoms with E-state index >= 15 is 0 Å².